The van der Waals surface area contributed by atoms with E-state index in [0.717, 1.165) is 4.47 Å². The number of carbonyl (C=O) groups is 1. The maximum absolute atomic E-state index is 12.9. The number of aryl methyl sites for hydroxylation is 1. The number of hydrogen-bond donors (Lipinski definition) is 0. The number of ether oxygens (including phenoxy) is 1. The Morgan fingerprint density at radius 2 is 2.00 bits per heavy atom. The topological polar surface area (TPSA) is 52.3 Å². The van der Waals surface area contributed by atoms with E-state index in [-0.39, 0.29) is 18.7 Å². The molecule has 4 nitrogen and oxygen atoms in total. The lowest BCUT2D eigenvalue weighted by Gasteiger charge is -2.05. The molecule has 1 aromatic heterocycles. The largest absolute Gasteiger partial charge is 0.441 e. The van der Waals surface area contributed by atoms with E-state index in [2.05, 4.69) is 20.9 Å². The van der Waals surface area contributed by atoms with Gasteiger partial charge >= 0.3 is 5.97 Å². The van der Waals surface area contributed by atoms with Crippen molar-refractivity contribution in [1.82, 2.24) is 4.98 Å². The van der Waals surface area contributed by atoms with Crippen LogP contribution in [-0.2, 0) is 11.2 Å². The molecule has 0 atom stereocenters. The third-order valence-electron chi connectivity index (χ3n) is 3.34. The second-order valence-corrected chi connectivity index (χ2v) is 6.50. The SMILES string of the molecule is O=C(CCc1ncc(-c2ccc(F)cc2)o1)Oc1ccc(Br)cc1Cl. The lowest BCUT2D eigenvalue weighted by atomic mass is 10.2. The van der Waals surface area contributed by atoms with Crippen LogP contribution in [0.4, 0.5) is 4.39 Å². The predicted octanol–water partition coefficient (Wildman–Crippen LogP) is 5.43. The number of oxazole rings is 1. The lowest BCUT2D eigenvalue weighted by molar-refractivity contribution is -0.134. The Morgan fingerprint density at radius 3 is 2.72 bits per heavy atom. The molecule has 0 radical (unpaired) electrons. The second kappa shape index (κ2) is 7.80. The number of nitrogens with zero attached hydrogens (tertiary/aromatic N) is 1. The molecule has 7 heteroatoms. The minimum atomic E-state index is -0.439. The predicted molar refractivity (Wildman–Crippen MR) is 95.0 cm³/mol. The Kier molecular flexibility index (Phi) is 5.50. The Morgan fingerprint density at radius 1 is 1.24 bits per heavy atom. The highest BCUT2D eigenvalue weighted by atomic mass is 79.9. The van der Waals surface area contributed by atoms with Gasteiger partial charge in [0.05, 0.1) is 17.6 Å². The van der Waals surface area contributed by atoms with Crippen molar-refractivity contribution >= 4 is 33.5 Å². The van der Waals surface area contributed by atoms with E-state index < -0.39 is 5.97 Å². The maximum Gasteiger partial charge on any atom is 0.311 e. The van der Waals surface area contributed by atoms with Crippen molar-refractivity contribution < 1.29 is 18.3 Å². The van der Waals surface area contributed by atoms with Crippen molar-refractivity contribution in [3.05, 3.63) is 69.9 Å². The number of esters is 1. The minimum absolute atomic E-state index is 0.0930. The first kappa shape index (κ1) is 17.6. The highest BCUT2D eigenvalue weighted by molar-refractivity contribution is 9.10. The molecule has 0 spiro atoms. The lowest BCUT2D eigenvalue weighted by Crippen LogP contribution is -2.09. The molecule has 0 N–H and O–H groups in total. The summed E-state index contributed by atoms with van der Waals surface area (Å²) in [5.74, 6) is 0.454. The van der Waals surface area contributed by atoms with Crippen LogP contribution < -0.4 is 4.74 Å². The van der Waals surface area contributed by atoms with Gasteiger partial charge in [-0.2, -0.15) is 0 Å². The van der Waals surface area contributed by atoms with E-state index in [4.69, 9.17) is 20.8 Å². The summed E-state index contributed by atoms with van der Waals surface area (Å²) in [6.45, 7) is 0. The molecule has 25 heavy (non-hydrogen) atoms. The van der Waals surface area contributed by atoms with Crippen LogP contribution in [0.1, 0.15) is 12.3 Å². The number of benzene rings is 2. The van der Waals surface area contributed by atoms with Gasteiger partial charge in [0.2, 0.25) is 0 Å². The van der Waals surface area contributed by atoms with E-state index in [9.17, 15) is 9.18 Å². The zero-order valence-electron chi connectivity index (χ0n) is 12.8. The van der Waals surface area contributed by atoms with Gasteiger partial charge in [-0.25, -0.2) is 9.37 Å². The molecule has 3 aromatic rings. The summed E-state index contributed by atoms with van der Waals surface area (Å²) in [5, 5.41) is 0.345. The van der Waals surface area contributed by atoms with Crippen LogP contribution >= 0.6 is 27.5 Å². The number of rotatable bonds is 5. The van der Waals surface area contributed by atoms with Gasteiger partial charge in [0.15, 0.2) is 11.7 Å². The normalized spacial score (nSPS) is 10.7. The number of carbonyl (C=O) groups excluding carboxylic acids is 1. The summed E-state index contributed by atoms with van der Waals surface area (Å²) < 4.78 is 24.5. The van der Waals surface area contributed by atoms with Crippen LogP contribution in [0.5, 0.6) is 5.75 Å². The highest BCUT2D eigenvalue weighted by Crippen LogP contribution is 2.28. The summed E-state index contributed by atoms with van der Waals surface area (Å²) in [7, 11) is 0. The van der Waals surface area contributed by atoms with Crippen molar-refractivity contribution in [3.63, 3.8) is 0 Å². The number of aromatic nitrogens is 1. The quantitative estimate of drug-likeness (QED) is 0.404. The number of halogens is 3. The maximum atomic E-state index is 12.9. The molecule has 0 aliphatic carbocycles. The molecule has 0 amide bonds. The monoisotopic (exact) mass is 423 g/mol. The fourth-order valence-corrected chi connectivity index (χ4v) is 2.83. The third kappa shape index (κ3) is 4.67. The molecule has 0 unspecified atom stereocenters. The fraction of sp³-hybridized carbons (Fsp3) is 0.111. The molecule has 2 aromatic carbocycles. The molecule has 0 aliphatic rings. The summed E-state index contributed by atoms with van der Waals surface area (Å²) in [5.41, 5.74) is 0.712. The van der Waals surface area contributed by atoms with Crippen LogP contribution in [-0.4, -0.2) is 11.0 Å². The van der Waals surface area contributed by atoms with Crippen LogP contribution in [0.3, 0.4) is 0 Å². The minimum Gasteiger partial charge on any atom is -0.441 e. The van der Waals surface area contributed by atoms with Crippen LogP contribution in [0.2, 0.25) is 5.02 Å². The molecule has 1 heterocycles. The molecule has 0 bridgehead atoms. The molecule has 0 aliphatic heterocycles. The van der Waals surface area contributed by atoms with Crippen molar-refractivity contribution in [3.8, 4) is 17.1 Å². The van der Waals surface area contributed by atoms with E-state index >= 15 is 0 Å². The zero-order chi connectivity index (χ0) is 17.8. The molecular weight excluding hydrogens is 413 g/mol. The number of hydrogen-bond acceptors (Lipinski definition) is 4. The average molecular weight is 425 g/mol. The van der Waals surface area contributed by atoms with Gasteiger partial charge in [0, 0.05) is 16.5 Å². The molecular formula is C18H12BrClFNO3. The average Bonchev–Trinajstić information content (AvgIpc) is 3.05. The molecule has 3 rings (SSSR count). The summed E-state index contributed by atoms with van der Waals surface area (Å²) in [6.07, 6.45) is 1.92. The Labute approximate surface area is 156 Å². The molecule has 128 valence electrons. The Hall–Kier alpha value is -2.18. The highest BCUT2D eigenvalue weighted by Gasteiger charge is 2.12. The van der Waals surface area contributed by atoms with Gasteiger partial charge < -0.3 is 9.15 Å². The van der Waals surface area contributed by atoms with Crippen LogP contribution in [0.15, 0.2) is 57.6 Å². The first-order valence-corrected chi connectivity index (χ1v) is 8.55. The van der Waals surface area contributed by atoms with Gasteiger partial charge in [-0.3, -0.25) is 4.79 Å². The summed E-state index contributed by atoms with van der Waals surface area (Å²) in [6, 6.07) is 10.9. The van der Waals surface area contributed by atoms with Gasteiger partial charge in [-0.15, -0.1) is 0 Å². The van der Waals surface area contributed by atoms with Gasteiger partial charge in [-0.1, -0.05) is 27.5 Å². The standard InChI is InChI=1S/C18H12BrClFNO3/c19-12-3-6-15(14(20)9-12)25-18(23)8-7-17-22-10-16(24-17)11-1-4-13(21)5-2-11/h1-6,9-10H,7-8H2. The fourth-order valence-electron chi connectivity index (χ4n) is 2.11. The Bertz CT molecular complexity index is 896. The second-order valence-electron chi connectivity index (χ2n) is 5.17. The molecule has 0 saturated heterocycles. The smallest absolute Gasteiger partial charge is 0.311 e. The van der Waals surface area contributed by atoms with E-state index in [0.29, 0.717) is 28.0 Å². The third-order valence-corrected chi connectivity index (χ3v) is 4.13. The first-order chi connectivity index (χ1) is 12.0. The van der Waals surface area contributed by atoms with Gasteiger partial charge in [-0.05, 0) is 42.5 Å². The van der Waals surface area contributed by atoms with Crippen molar-refractivity contribution in [2.24, 2.45) is 0 Å². The van der Waals surface area contributed by atoms with Gasteiger partial charge in [0.25, 0.3) is 0 Å². The van der Waals surface area contributed by atoms with Crippen LogP contribution in [0.25, 0.3) is 11.3 Å². The summed E-state index contributed by atoms with van der Waals surface area (Å²) >= 11 is 9.29. The molecule has 0 fully saturated rings. The van der Waals surface area contributed by atoms with Crippen molar-refractivity contribution in [2.45, 2.75) is 12.8 Å². The zero-order valence-corrected chi connectivity index (χ0v) is 15.2. The van der Waals surface area contributed by atoms with Gasteiger partial charge in [0.1, 0.15) is 11.6 Å². The van der Waals surface area contributed by atoms with E-state index in [1.807, 2.05) is 0 Å². The van der Waals surface area contributed by atoms with E-state index in [1.165, 1.54) is 12.1 Å². The van der Waals surface area contributed by atoms with E-state index in [1.54, 1.807) is 36.5 Å². The van der Waals surface area contributed by atoms with Crippen LogP contribution in [0, 0.1) is 5.82 Å². The van der Waals surface area contributed by atoms with Crippen molar-refractivity contribution in [2.75, 3.05) is 0 Å². The molecule has 0 saturated carbocycles. The first-order valence-electron chi connectivity index (χ1n) is 7.37. The van der Waals surface area contributed by atoms with Crippen molar-refractivity contribution in [1.29, 1.82) is 0 Å². The Balaban J connectivity index is 1.58. The summed E-state index contributed by atoms with van der Waals surface area (Å²) in [4.78, 5) is 16.1.